The van der Waals surface area contributed by atoms with Crippen LogP contribution in [-0.2, 0) is 19.6 Å². The third-order valence-corrected chi connectivity index (χ3v) is 5.93. The van der Waals surface area contributed by atoms with Crippen LogP contribution in [0.5, 0.6) is 0 Å². The van der Waals surface area contributed by atoms with Gasteiger partial charge < -0.3 is 10.1 Å². The molecule has 1 aromatic rings. The predicted octanol–water partition coefficient (Wildman–Crippen LogP) is 1.11. The first-order chi connectivity index (χ1) is 13.2. The van der Waals surface area contributed by atoms with E-state index in [-0.39, 0.29) is 16.4 Å². The van der Waals surface area contributed by atoms with Gasteiger partial charge in [-0.05, 0) is 37.0 Å². The van der Waals surface area contributed by atoms with E-state index in [0.29, 0.717) is 19.6 Å². The van der Waals surface area contributed by atoms with Crippen LogP contribution in [0.3, 0.4) is 0 Å². The highest BCUT2D eigenvalue weighted by Crippen LogP contribution is 2.21. The topological polar surface area (TPSA) is 122 Å². The summed E-state index contributed by atoms with van der Waals surface area (Å²) in [6.45, 7) is 4.46. The van der Waals surface area contributed by atoms with Gasteiger partial charge in [0.15, 0.2) is 6.61 Å². The molecule has 0 bridgehead atoms. The molecular formula is C18H25N3O6S. The molecule has 1 aliphatic rings. The van der Waals surface area contributed by atoms with Crippen LogP contribution in [0.2, 0.25) is 0 Å². The molecule has 1 aromatic carbocycles. The second kappa shape index (κ2) is 9.65. The summed E-state index contributed by atoms with van der Waals surface area (Å²) in [5.74, 6) is -1.41. The SMILES string of the molecule is CC(C)CNC(=O)NC(=O)COC(=O)c1cccc(S(=O)(=O)N2CCCC2)c1. The number of esters is 1. The standard InChI is InChI=1S/C18H25N3O6S/c1-13(2)11-19-18(24)20-16(22)12-27-17(23)14-6-5-7-15(10-14)28(25,26)21-8-3-4-9-21/h5-7,10,13H,3-4,8-9,11-12H2,1-2H3,(H2,19,20,22,24). The summed E-state index contributed by atoms with van der Waals surface area (Å²) >= 11 is 0. The van der Waals surface area contributed by atoms with Crippen molar-refractivity contribution in [1.29, 1.82) is 0 Å². The average Bonchev–Trinajstić information content (AvgIpc) is 3.20. The normalized spacial score (nSPS) is 14.7. The molecular weight excluding hydrogens is 386 g/mol. The van der Waals surface area contributed by atoms with Gasteiger partial charge in [0.25, 0.3) is 5.91 Å². The number of amides is 3. The number of benzene rings is 1. The molecule has 0 aliphatic carbocycles. The van der Waals surface area contributed by atoms with Gasteiger partial charge in [-0.25, -0.2) is 18.0 Å². The molecule has 0 aromatic heterocycles. The molecule has 0 radical (unpaired) electrons. The molecule has 1 fully saturated rings. The van der Waals surface area contributed by atoms with Gasteiger partial charge in [-0.1, -0.05) is 19.9 Å². The third kappa shape index (κ3) is 6.03. The summed E-state index contributed by atoms with van der Waals surface area (Å²) in [4.78, 5) is 35.3. The molecule has 0 saturated carbocycles. The molecule has 2 N–H and O–H groups in total. The van der Waals surface area contributed by atoms with Crippen molar-refractivity contribution in [3.63, 3.8) is 0 Å². The van der Waals surface area contributed by atoms with Crippen molar-refractivity contribution < 1.29 is 27.5 Å². The number of hydrogen-bond acceptors (Lipinski definition) is 6. The summed E-state index contributed by atoms with van der Waals surface area (Å²) in [6.07, 6.45) is 1.61. The van der Waals surface area contributed by atoms with E-state index in [9.17, 15) is 22.8 Å². The zero-order valence-electron chi connectivity index (χ0n) is 15.9. The Morgan fingerprint density at radius 3 is 2.50 bits per heavy atom. The minimum atomic E-state index is -3.66. The van der Waals surface area contributed by atoms with Crippen LogP contribution >= 0.6 is 0 Å². The Kier molecular flexibility index (Phi) is 7.53. The Bertz CT molecular complexity index is 831. The zero-order chi connectivity index (χ0) is 20.7. The predicted molar refractivity (Wildman–Crippen MR) is 101 cm³/mol. The van der Waals surface area contributed by atoms with Crippen molar-refractivity contribution >= 4 is 27.9 Å². The molecule has 1 heterocycles. The second-order valence-electron chi connectivity index (χ2n) is 6.87. The summed E-state index contributed by atoms with van der Waals surface area (Å²) in [5, 5.41) is 4.55. The lowest BCUT2D eigenvalue weighted by Gasteiger charge is -2.15. The number of urea groups is 1. The van der Waals surface area contributed by atoms with Crippen molar-refractivity contribution in [2.75, 3.05) is 26.2 Å². The van der Waals surface area contributed by atoms with Gasteiger partial charge in [0.1, 0.15) is 0 Å². The molecule has 1 aliphatic heterocycles. The Labute approximate surface area is 164 Å². The van der Waals surface area contributed by atoms with E-state index in [4.69, 9.17) is 4.74 Å². The number of imide groups is 1. The first-order valence-electron chi connectivity index (χ1n) is 9.05. The maximum atomic E-state index is 12.6. The lowest BCUT2D eigenvalue weighted by molar-refractivity contribution is -0.123. The van der Waals surface area contributed by atoms with E-state index in [1.54, 1.807) is 0 Å². The maximum absolute atomic E-state index is 12.6. The molecule has 0 unspecified atom stereocenters. The van der Waals surface area contributed by atoms with E-state index in [1.807, 2.05) is 19.2 Å². The van der Waals surface area contributed by atoms with Crippen LogP contribution in [0.25, 0.3) is 0 Å². The van der Waals surface area contributed by atoms with Gasteiger partial charge >= 0.3 is 12.0 Å². The van der Waals surface area contributed by atoms with Gasteiger partial charge in [0, 0.05) is 19.6 Å². The molecule has 1 saturated heterocycles. The van der Waals surface area contributed by atoms with Crippen LogP contribution in [0.1, 0.15) is 37.0 Å². The smallest absolute Gasteiger partial charge is 0.338 e. The minimum Gasteiger partial charge on any atom is -0.452 e. The molecule has 0 atom stereocenters. The number of carbonyl (C=O) groups is 3. The lowest BCUT2D eigenvalue weighted by atomic mass is 10.2. The van der Waals surface area contributed by atoms with Crippen LogP contribution in [0.15, 0.2) is 29.2 Å². The zero-order valence-corrected chi connectivity index (χ0v) is 16.8. The molecule has 10 heteroatoms. The highest BCUT2D eigenvalue weighted by molar-refractivity contribution is 7.89. The number of hydrogen-bond donors (Lipinski definition) is 2. The highest BCUT2D eigenvalue weighted by Gasteiger charge is 2.27. The fraction of sp³-hybridized carbons (Fsp3) is 0.500. The maximum Gasteiger partial charge on any atom is 0.338 e. The quantitative estimate of drug-likeness (QED) is 0.648. The Morgan fingerprint density at radius 1 is 1.18 bits per heavy atom. The van der Waals surface area contributed by atoms with Gasteiger partial charge in [-0.3, -0.25) is 10.1 Å². The van der Waals surface area contributed by atoms with Gasteiger partial charge in [-0.2, -0.15) is 4.31 Å². The van der Waals surface area contributed by atoms with Crippen molar-refractivity contribution in [3.8, 4) is 0 Å². The van der Waals surface area contributed by atoms with E-state index < -0.39 is 34.5 Å². The van der Waals surface area contributed by atoms with Gasteiger partial charge in [0.2, 0.25) is 10.0 Å². The Morgan fingerprint density at radius 2 is 1.86 bits per heavy atom. The number of ether oxygens (including phenoxy) is 1. The molecule has 154 valence electrons. The van der Waals surface area contributed by atoms with E-state index >= 15 is 0 Å². The monoisotopic (exact) mass is 411 g/mol. The molecule has 2 rings (SSSR count). The molecule has 28 heavy (non-hydrogen) atoms. The fourth-order valence-electron chi connectivity index (χ4n) is 2.58. The van der Waals surface area contributed by atoms with E-state index in [1.165, 1.54) is 28.6 Å². The summed E-state index contributed by atoms with van der Waals surface area (Å²) < 4.78 is 31.4. The van der Waals surface area contributed by atoms with Crippen LogP contribution in [0, 0.1) is 5.92 Å². The second-order valence-corrected chi connectivity index (χ2v) is 8.81. The summed E-state index contributed by atoms with van der Waals surface area (Å²) in [5.41, 5.74) is 0.0114. The van der Waals surface area contributed by atoms with Crippen molar-refractivity contribution in [2.24, 2.45) is 5.92 Å². The van der Waals surface area contributed by atoms with Crippen molar-refractivity contribution in [3.05, 3.63) is 29.8 Å². The van der Waals surface area contributed by atoms with Crippen LogP contribution in [0.4, 0.5) is 4.79 Å². The minimum absolute atomic E-state index is 0.00126. The molecule has 0 spiro atoms. The van der Waals surface area contributed by atoms with E-state index in [2.05, 4.69) is 5.32 Å². The lowest BCUT2D eigenvalue weighted by Crippen LogP contribution is -2.42. The first-order valence-corrected chi connectivity index (χ1v) is 10.5. The molecule has 9 nitrogen and oxygen atoms in total. The third-order valence-electron chi connectivity index (χ3n) is 4.03. The summed E-state index contributed by atoms with van der Waals surface area (Å²) in [7, 11) is -3.66. The average molecular weight is 411 g/mol. The first kappa shape index (κ1) is 21.8. The fourth-order valence-corrected chi connectivity index (χ4v) is 4.14. The van der Waals surface area contributed by atoms with Crippen molar-refractivity contribution in [2.45, 2.75) is 31.6 Å². The summed E-state index contributed by atoms with van der Waals surface area (Å²) in [6, 6.07) is 4.81. The Balaban J connectivity index is 1.92. The van der Waals surface area contributed by atoms with Crippen molar-refractivity contribution in [1.82, 2.24) is 14.9 Å². The van der Waals surface area contributed by atoms with Gasteiger partial charge in [0.05, 0.1) is 10.5 Å². The number of rotatable bonds is 7. The molecule has 3 amide bonds. The number of sulfonamides is 1. The number of nitrogens with one attached hydrogen (secondary N) is 2. The Hall–Kier alpha value is -2.46. The van der Waals surface area contributed by atoms with E-state index in [0.717, 1.165) is 12.8 Å². The van der Waals surface area contributed by atoms with Crippen LogP contribution in [-0.4, -0.2) is 56.9 Å². The highest BCUT2D eigenvalue weighted by atomic mass is 32.2. The van der Waals surface area contributed by atoms with Gasteiger partial charge in [-0.15, -0.1) is 0 Å². The number of nitrogens with zero attached hydrogens (tertiary/aromatic N) is 1. The largest absolute Gasteiger partial charge is 0.452 e. The van der Waals surface area contributed by atoms with Crippen LogP contribution < -0.4 is 10.6 Å². The number of carbonyl (C=O) groups excluding carboxylic acids is 3.